The van der Waals surface area contributed by atoms with Gasteiger partial charge in [0.1, 0.15) is 0 Å². The number of rotatable bonds is 4. The Bertz CT molecular complexity index is 355. The lowest BCUT2D eigenvalue weighted by Crippen LogP contribution is -2.09. The largest absolute Gasteiger partial charge is 0.462 e. The molecule has 0 aromatic carbocycles. The van der Waals surface area contributed by atoms with E-state index in [1.54, 1.807) is 6.92 Å². The highest BCUT2D eigenvalue weighted by atomic mass is 32.2. The van der Waals surface area contributed by atoms with Gasteiger partial charge in [0.15, 0.2) is 5.16 Å². The van der Waals surface area contributed by atoms with Gasteiger partial charge in [0, 0.05) is 6.20 Å². The Morgan fingerprint density at radius 3 is 2.87 bits per heavy atom. The predicted octanol–water partition coefficient (Wildman–Crippen LogP) is 2.07. The molecule has 0 N–H and O–H groups in total. The molecule has 82 valence electrons. The summed E-state index contributed by atoms with van der Waals surface area (Å²) in [7, 11) is 0. The number of hydrogen-bond donors (Lipinski definition) is 0. The molecule has 0 atom stereocenters. The van der Waals surface area contributed by atoms with E-state index in [-0.39, 0.29) is 5.97 Å². The highest BCUT2D eigenvalue weighted by Crippen LogP contribution is 2.12. The van der Waals surface area contributed by atoms with Crippen LogP contribution in [0.4, 0.5) is 0 Å². The first-order valence-corrected chi connectivity index (χ1v) is 5.96. The molecule has 0 radical (unpaired) electrons. The molecule has 0 amide bonds. The molecule has 0 bridgehead atoms. The second-order valence-corrected chi connectivity index (χ2v) is 3.77. The monoisotopic (exact) mass is 226 g/mol. The average molecular weight is 226 g/mol. The van der Waals surface area contributed by atoms with Crippen LogP contribution in [-0.2, 0) is 4.74 Å². The van der Waals surface area contributed by atoms with Crippen LogP contribution in [0, 0.1) is 6.92 Å². The molecule has 0 unspecified atom stereocenters. The van der Waals surface area contributed by atoms with Gasteiger partial charge in [-0.05, 0) is 19.6 Å². The molecule has 0 aliphatic carbocycles. The summed E-state index contributed by atoms with van der Waals surface area (Å²) in [6, 6.07) is 0. The zero-order valence-corrected chi connectivity index (χ0v) is 9.93. The third-order valence-corrected chi connectivity index (χ3v) is 2.36. The van der Waals surface area contributed by atoms with Gasteiger partial charge in [-0.3, -0.25) is 0 Å². The fourth-order valence-corrected chi connectivity index (χ4v) is 1.40. The minimum atomic E-state index is -0.345. The van der Waals surface area contributed by atoms with E-state index in [9.17, 15) is 4.79 Å². The van der Waals surface area contributed by atoms with Crippen LogP contribution in [0.3, 0.4) is 0 Å². The maximum atomic E-state index is 11.5. The standard InChI is InChI=1S/C10H14N2O2S/c1-4-5-14-9(13)8-6-11-10(15-3)12-7(8)2/h6H,4-5H2,1-3H3. The molecule has 0 aliphatic rings. The molecular formula is C10H14N2O2S. The molecule has 5 heteroatoms. The van der Waals surface area contributed by atoms with E-state index in [1.165, 1.54) is 18.0 Å². The lowest BCUT2D eigenvalue weighted by Gasteiger charge is -2.05. The van der Waals surface area contributed by atoms with Crippen molar-refractivity contribution in [1.29, 1.82) is 0 Å². The fourth-order valence-electron chi connectivity index (χ4n) is 1.02. The summed E-state index contributed by atoms with van der Waals surface area (Å²) in [6.07, 6.45) is 4.23. The third-order valence-electron chi connectivity index (χ3n) is 1.80. The predicted molar refractivity (Wildman–Crippen MR) is 59.1 cm³/mol. The Balaban J connectivity index is 2.81. The van der Waals surface area contributed by atoms with E-state index in [2.05, 4.69) is 9.97 Å². The van der Waals surface area contributed by atoms with Crippen molar-refractivity contribution in [3.8, 4) is 0 Å². The van der Waals surface area contributed by atoms with Gasteiger partial charge in [-0.1, -0.05) is 18.7 Å². The normalized spacial score (nSPS) is 10.1. The second kappa shape index (κ2) is 5.70. The quantitative estimate of drug-likeness (QED) is 0.447. The van der Waals surface area contributed by atoms with Crippen molar-refractivity contribution in [3.63, 3.8) is 0 Å². The molecule has 0 saturated carbocycles. The van der Waals surface area contributed by atoms with Crippen molar-refractivity contribution in [1.82, 2.24) is 9.97 Å². The molecule has 0 aliphatic heterocycles. The number of hydrogen-bond acceptors (Lipinski definition) is 5. The minimum absolute atomic E-state index is 0.345. The third kappa shape index (κ3) is 3.20. The average Bonchev–Trinajstić information content (AvgIpc) is 2.25. The Morgan fingerprint density at radius 1 is 1.60 bits per heavy atom. The van der Waals surface area contributed by atoms with E-state index >= 15 is 0 Å². The number of carbonyl (C=O) groups excluding carboxylic acids is 1. The van der Waals surface area contributed by atoms with Crippen LogP contribution in [0.1, 0.15) is 29.4 Å². The topological polar surface area (TPSA) is 52.1 Å². The van der Waals surface area contributed by atoms with Gasteiger partial charge in [-0.25, -0.2) is 14.8 Å². The minimum Gasteiger partial charge on any atom is -0.462 e. The number of aryl methyl sites for hydroxylation is 1. The zero-order valence-electron chi connectivity index (χ0n) is 9.11. The van der Waals surface area contributed by atoms with Crippen LogP contribution >= 0.6 is 11.8 Å². The van der Waals surface area contributed by atoms with Gasteiger partial charge in [0.05, 0.1) is 17.9 Å². The molecule has 1 rings (SSSR count). The number of nitrogens with zero attached hydrogens (tertiary/aromatic N) is 2. The SMILES string of the molecule is CCCOC(=O)c1cnc(SC)nc1C. The smallest absolute Gasteiger partial charge is 0.341 e. The molecule has 1 heterocycles. The van der Waals surface area contributed by atoms with Gasteiger partial charge in [0.25, 0.3) is 0 Å². The number of aromatic nitrogens is 2. The molecule has 4 nitrogen and oxygen atoms in total. The van der Waals surface area contributed by atoms with Crippen LogP contribution < -0.4 is 0 Å². The number of ether oxygens (including phenoxy) is 1. The van der Waals surface area contributed by atoms with Crippen LogP contribution in [-0.4, -0.2) is 28.8 Å². The summed E-state index contributed by atoms with van der Waals surface area (Å²) >= 11 is 1.45. The van der Waals surface area contributed by atoms with Crippen LogP contribution in [0.15, 0.2) is 11.4 Å². The summed E-state index contributed by atoms with van der Waals surface area (Å²) in [5.41, 5.74) is 1.11. The number of thioether (sulfide) groups is 1. The van der Waals surface area contributed by atoms with Crippen LogP contribution in [0.5, 0.6) is 0 Å². The Morgan fingerprint density at radius 2 is 2.33 bits per heavy atom. The Labute approximate surface area is 93.5 Å². The van der Waals surface area contributed by atoms with Gasteiger partial charge < -0.3 is 4.74 Å². The lowest BCUT2D eigenvalue weighted by atomic mass is 10.2. The second-order valence-electron chi connectivity index (χ2n) is 2.99. The van der Waals surface area contributed by atoms with Crippen LogP contribution in [0.25, 0.3) is 0 Å². The van der Waals surface area contributed by atoms with E-state index < -0.39 is 0 Å². The summed E-state index contributed by atoms with van der Waals surface area (Å²) in [6.45, 7) is 4.17. The van der Waals surface area contributed by atoms with Gasteiger partial charge in [-0.15, -0.1) is 0 Å². The first-order valence-electron chi connectivity index (χ1n) is 4.73. The van der Waals surface area contributed by atoms with E-state index in [0.29, 0.717) is 23.0 Å². The van der Waals surface area contributed by atoms with Crippen molar-refractivity contribution in [2.75, 3.05) is 12.9 Å². The van der Waals surface area contributed by atoms with Gasteiger partial charge >= 0.3 is 5.97 Å². The zero-order chi connectivity index (χ0) is 11.3. The highest BCUT2D eigenvalue weighted by molar-refractivity contribution is 7.98. The maximum absolute atomic E-state index is 11.5. The number of carbonyl (C=O) groups is 1. The number of esters is 1. The Kier molecular flexibility index (Phi) is 4.55. The van der Waals surface area contributed by atoms with Crippen LogP contribution in [0.2, 0.25) is 0 Å². The first-order chi connectivity index (χ1) is 7.19. The molecule has 0 spiro atoms. The van der Waals surface area contributed by atoms with Gasteiger partial charge in [0.2, 0.25) is 0 Å². The maximum Gasteiger partial charge on any atom is 0.341 e. The van der Waals surface area contributed by atoms with Crippen molar-refractivity contribution in [2.45, 2.75) is 25.4 Å². The van der Waals surface area contributed by atoms with Crippen molar-refractivity contribution < 1.29 is 9.53 Å². The molecule has 0 fully saturated rings. The van der Waals surface area contributed by atoms with Crippen molar-refractivity contribution in [2.24, 2.45) is 0 Å². The molecular weight excluding hydrogens is 212 g/mol. The summed E-state index contributed by atoms with van der Waals surface area (Å²) in [4.78, 5) is 19.7. The Hall–Kier alpha value is -1.10. The van der Waals surface area contributed by atoms with Gasteiger partial charge in [-0.2, -0.15) is 0 Å². The molecule has 1 aromatic rings. The van der Waals surface area contributed by atoms with Crippen molar-refractivity contribution >= 4 is 17.7 Å². The van der Waals surface area contributed by atoms with Crippen molar-refractivity contribution in [3.05, 3.63) is 17.5 Å². The highest BCUT2D eigenvalue weighted by Gasteiger charge is 2.12. The molecule has 15 heavy (non-hydrogen) atoms. The first kappa shape index (κ1) is 12.0. The summed E-state index contributed by atoms with van der Waals surface area (Å²) in [5, 5.41) is 0.666. The molecule has 1 aromatic heterocycles. The van der Waals surface area contributed by atoms with E-state index in [1.807, 2.05) is 13.2 Å². The summed E-state index contributed by atoms with van der Waals surface area (Å²) < 4.78 is 5.01. The van der Waals surface area contributed by atoms with E-state index in [4.69, 9.17) is 4.74 Å². The van der Waals surface area contributed by atoms with E-state index in [0.717, 1.165) is 6.42 Å². The molecule has 0 saturated heterocycles. The fraction of sp³-hybridized carbons (Fsp3) is 0.500. The lowest BCUT2D eigenvalue weighted by molar-refractivity contribution is 0.0503. The summed E-state index contributed by atoms with van der Waals surface area (Å²) in [5.74, 6) is -0.345.